The Balaban J connectivity index is 1.89. The number of hydrogen-bond acceptors (Lipinski definition) is 2. The molecule has 0 aliphatic rings. The maximum atomic E-state index is 13.5. The zero-order valence-corrected chi connectivity index (χ0v) is 11.7. The molecule has 0 saturated carbocycles. The van der Waals surface area contributed by atoms with E-state index in [0.29, 0.717) is 12.1 Å². The molecule has 2 aromatic rings. The van der Waals surface area contributed by atoms with Gasteiger partial charge < -0.3 is 5.32 Å². The highest BCUT2D eigenvalue weighted by atomic mass is 79.9. The molecule has 0 aliphatic heterocycles. The Morgan fingerprint density at radius 1 is 1.50 bits per heavy atom. The third kappa shape index (κ3) is 3.65. The van der Waals surface area contributed by atoms with Crippen molar-refractivity contribution in [2.24, 2.45) is 0 Å². The van der Waals surface area contributed by atoms with Gasteiger partial charge in [-0.05, 0) is 31.2 Å². The monoisotopic (exact) mass is 311 g/mol. The number of nitrogens with one attached hydrogen (secondary N) is 1. The van der Waals surface area contributed by atoms with Crippen LogP contribution in [0, 0.1) is 5.82 Å². The predicted octanol–water partition coefficient (Wildman–Crippen LogP) is 2.96. The average Bonchev–Trinajstić information content (AvgIpc) is 2.83. The van der Waals surface area contributed by atoms with Crippen LogP contribution in [0.1, 0.15) is 12.5 Å². The van der Waals surface area contributed by atoms with Crippen LogP contribution < -0.4 is 5.32 Å². The fraction of sp³-hybridized carbons (Fsp3) is 0.308. The second-order valence-corrected chi connectivity index (χ2v) is 5.16. The van der Waals surface area contributed by atoms with Crippen molar-refractivity contribution in [3.63, 3.8) is 0 Å². The van der Waals surface area contributed by atoms with Crippen molar-refractivity contribution < 1.29 is 4.39 Å². The summed E-state index contributed by atoms with van der Waals surface area (Å²) in [5, 5.41) is 7.42. The number of rotatable bonds is 5. The van der Waals surface area contributed by atoms with Crippen molar-refractivity contribution in [3.8, 4) is 0 Å². The smallest absolute Gasteiger partial charge is 0.127 e. The van der Waals surface area contributed by atoms with E-state index in [0.717, 1.165) is 11.0 Å². The minimum Gasteiger partial charge on any atom is -0.308 e. The van der Waals surface area contributed by atoms with Gasteiger partial charge in [0.2, 0.25) is 0 Å². The van der Waals surface area contributed by atoms with Gasteiger partial charge in [0, 0.05) is 35.0 Å². The largest absolute Gasteiger partial charge is 0.308 e. The number of aromatic nitrogens is 2. The van der Waals surface area contributed by atoms with E-state index < -0.39 is 0 Å². The van der Waals surface area contributed by atoms with Gasteiger partial charge in [0.1, 0.15) is 5.82 Å². The lowest BCUT2D eigenvalue weighted by atomic mass is 10.2. The summed E-state index contributed by atoms with van der Waals surface area (Å²) in [6.45, 7) is 3.33. The molecule has 5 heteroatoms. The summed E-state index contributed by atoms with van der Waals surface area (Å²) in [4.78, 5) is 0. The van der Waals surface area contributed by atoms with E-state index >= 15 is 0 Å². The van der Waals surface area contributed by atoms with Gasteiger partial charge in [0.25, 0.3) is 0 Å². The first-order valence-corrected chi connectivity index (χ1v) is 6.59. The Labute approximate surface area is 114 Å². The topological polar surface area (TPSA) is 29.9 Å². The van der Waals surface area contributed by atoms with E-state index in [1.54, 1.807) is 18.3 Å². The highest BCUT2D eigenvalue weighted by Crippen LogP contribution is 2.15. The number of benzene rings is 1. The fourth-order valence-corrected chi connectivity index (χ4v) is 2.13. The number of hydrogen-bond donors (Lipinski definition) is 1. The van der Waals surface area contributed by atoms with Crippen LogP contribution in [0.5, 0.6) is 0 Å². The molecule has 2 rings (SSSR count). The molecular formula is C13H15BrFN3. The van der Waals surface area contributed by atoms with Crippen LogP contribution in [-0.2, 0) is 13.1 Å². The summed E-state index contributed by atoms with van der Waals surface area (Å²) >= 11 is 3.34. The van der Waals surface area contributed by atoms with Gasteiger partial charge in [0.15, 0.2) is 0 Å². The molecule has 0 bridgehead atoms. The Morgan fingerprint density at radius 2 is 2.33 bits per heavy atom. The second-order valence-electron chi connectivity index (χ2n) is 4.25. The normalized spacial score (nSPS) is 12.6. The van der Waals surface area contributed by atoms with Crippen LogP contribution in [0.3, 0.4) is 0 Å². The zero-order chi connectivity index (χ0) is 13.0. The van der Waals surface area contributed by atoms with Crippen molar-refractivity contribution in [1.82, 2.24) is 15.1 Å². The Hall–Kier alpha value is -1.20. The molecule has 0 amide bonds. The first-order valence-electron chi connectivity index (χ1n) is 5.80. The predicted molar refractivity (Wildman–Crippen MR) is 72.6 cm³/mol. The molecule has 96 valence electrons. The standard InChI is InChI=1S/C13H15BrFN3/c1-10(9-18-6-2-5-17-18)16-8-11-7-12(14)3-4-13(11)15/h2-7,10,16H,8-9H2,1H3. The highest BCUT2D eigenvalue weighted by molar-refractivity contribution is 9.10. The van der Waals surface area contributed by atoms with E-state index in [9.17, 15) is 4.39 Å². The summed E-state index contributed by atoms with van der Waals surface area (Å²) in [5.74, 6) is -0.183. The maximum absolute atomic E-state index is 13.5. The molecule has 1 aromatic carbocycles. The van der Waals surface area contributed by atoms with Gasteiger partial charge in [-0.3, -0.25) is 4.68 Å². The van der Waals surface area contributed by atoms with Gasteiger partial charge in [-0.1, -0.05) is 15.9 Å². The molecule has 1 heterocycles. The summed E-state index contributed by atoms with van der Waals surface area (Å²) in [5.41, 5.74) is 0.664. The minimum atomic E-state index is -0.183. The van der Waals surface area contributed by atoms with Gasteiger partial charge in [-0.2, -0.15) is 5.10 Å². The molecule has 0 aliphatic carbocycles. The van der Waals surface area contributed by atoms with Crippen LogP contribution in [0.2, 0.25) is 0 Å². The van der Waals surface area contributed by atoms with Crippen molar-refractivity contribution >= 4 is 15.9 Å². The summed E-state index contributed by atoms with van der Waals surface area (Å²) < 4.78 is 16.3. The SMILES string of the molecule is CC(Cn1cccn1)NCc1cc(Br)ccc1F. The van der Waals surface area contributed by atoms with E-state index in [1.807, 2.05) is 16.9 Å². The van der Waals surface area contributed by atoms with Gasteiger partial charge in [-0.15, -0.1) is 0 Å². The Kier molecular flexibility index (Phi) is 4.49. The molecule has 0 saturated heterocycles. The fourth-order valence-electron chi connectivity index (χ4n) is 1.72. The lowest BCUT2D eigenvalue weighted by molar-refractivity contribution is 0.445. The summed E-state index contributed by atoms with van der Waals surface area (Å²) in [7, 11) is 0. The first kappa shape index (κ1) is 13.2. The van der Waals surface area contributed by atoms with Crippen LogP contribution in [0.4, 0.5) is 4.39 Å². The third-order valence-corrected chi connectivity index (χ3v) is 3.16. The summed E-state index contributed by atoms with van der Waals surface area (Å²) in [6.07, 6.45) is 3.67. The molecule has 3 nitrogen and oxygen atoms in total. The molecule has 1 N–H and O–H groups in total. The first-order chi connectivity index (χ1) is 8.65. The molecule has 18 heavy (non-hydrogen) atoms. The molecule has 0 fully saturated rings. The second kappa shape index (κ2) is 6.11. The van der Waals surface area contributed by atoms with Gasteiger partial charge in [-0.25, -0.2) is 4.39 Å². The number of halogens is 2. The van der Waals surface area contributed by atoms with E-state index in [1.165, 1.54) is 6.07 Å². The Bertz CT molecular complexity index is 499. The van der Waals surface area contributed by atoms with Crippen molar-refractivity contribution in [1.29, 1.82) is 0 Å². The lowest BCUT2D eigenvalue weighted by Crippen LogP contribution is -2.30. The van der Waals surface area contributed by atoms with Gasteiger partial charge >= 0.3 is 0 Å². The van der Waals surface area contributed by atoms with Crippen LogP contribution >= 0.6 is 15.9 Å². The van der Waals surface area contributed by atoms with Crippen LogP contribution in [0.15, 0.2) is 41.1 Å². The molecule has 1 atom stereocenters. The third-order valence-electron chi connectivity index (χ3n) is 2.67. The van der Waals surface area contributed by atoms with Crippen LogP contribution in [-0.4, -0.2) is 15.8 Å². The minimum absolute atomic E-state index is 0.183. The van der Waals surface area contributed by atoms with Crippen molar-refractivity contribution in [2.45, 2.75) is 26.1 Å². The van der Waals surface area contributed by atoms with Crippen LogP contribution in [0.25, 0.3) is 0 Å². The molecule has 1 aromatic heterocycles. The number of nitrogens with zero attached hydrogens (tertiary/aromatic N) is 2. The summed E-state index contributed by atoms with van der Waals surface area (Å²) in [6, 6.07) is 7.08. The quantitative estimate of drug-likeness (QED) is 0.920. The van der Waals surface area contributed by atoms with Crippen molar-refractivity contribution in [3.05, 3.63) is 52.5 Å². The van der Waals surface area contributed by atoms with Crippen molar-refractivity contribution in [2.75, 3.05) is 0 Å². The lowest BCUT2D eigenvalue weighted by Gasteiger charge is -2.14. The maximum Gasteiger partial charge on any atom is 0.127 e. The molecule has 0 radical (unpaired) electrons. The Morgan fingerprint density at radius 3 is 3.06 bits per heavy atom. The average molecular weight is 312 g/mol. The molecular weight excluding hydrogens is 297 g/mol. The van der Waals surface area contributed by atoms with E-state index in [2.05, 4.69) is 33.3 Å². The zero-order valence-electron chi connectivity index (χ0n) is 10.1. The molecule has 0 spiro atoms. The van der Waals surface area contributed by atoms with Gasteiger partial charge in [0.05, 0.1) is 6.54 Å². The van der Waals surface area contributed by atoms with E-state index in [4.69, 9.17) is 0 Å². The molecule has 1 unspecified atom stereocenters. The van der Waals surface area contributed by atoms with E-state index in [-0.39, 0.29) is 11.9 Å². The highest BCUT2D eigenvalue weighted by Gasteiger charge is 2.06.